The second-order valence-electron chi connectivity index (χ2n) is 5.69. The molecule has 0 saturated carbocycles. The van der Waals surface area contributed by atoms with Crippen LogP contribution >= 0.6 is 10.7 Å². The molecule has 1 aromatic carbocycles. The second-order valence-corrected chi connectivity index (χ2v) is 8.15. The minimum atomic E-state index is -4.09. The van der Waals surface area contributed by atoms with Gasteiger partial charge in [0.05, 0.1) is 5.56 Å². The summed E-state index contributed by atoms with van der Waals surface area (Å²) >= 11 is 0. The highest BCUT2D eigenvalue weighted by molar-refractivity contribution is 8.13. The zero-order valence-electron chi connectivity index (χ0n) is 12.1. The van der Waals surface area contributed by atoms with Gasteiger partial charge in [-0.15, -0.1) is 10.2 Å². The van der Waals surface area contributed by atoms with Crippen LogP contribution in [0.2, 0.25) is 0 Å². The van der Waals surface area contributed by atoms with Gasteiger partial charge in [-0.25, -0.2) is 12.8 Å². The zero-order chi connectivity index (χ0) is 16.0. The predicted octanol–water partition coefficient (Wildman–Crippen LogP) is 3.08. The van der Waals surface area contributed by atoms with Crippen LogP contribution in [0.4, 0.5) is 4.39 Å². The van der Waals surface area contributed by atoms with Gasteiger partial charge in [0.2, 0.25) is 0 Å². The number of nitrogens with zero attached hydrogens (tertiary/aromatic N) is 3. The maximum absolute atomic E-state index is 14.3. The molecule has 0 spiro atoms. The standard InChI is InChI=1S/C13H15ClFN3O2S/c1-8-6-5-7-9(10(8)15)11-16-17-12(21(14,19)20)18(11)13(2,3)4/h5-7H,1-4H3. The van der Waals surface area contributed by atoms with Gasteiger partial charge < -0.3 is 0 Å². The van der Waals surface area contributed by atoms with Crippen LogP contribution in [-0.4, -0.2) is 23.2 Å². The summed E-state index contributed by atoms with van der Waals surface area (Å²) in [6.07, 6.45) is 0. The van der Waals surface area contributed by atoms with Crippen molar-refractivity contribution in [3.63, 3.8) is 0 Å². The Labute approximate surface area is 127 Å². The largest absolute Gasteiger partial charge is 0.296 e. The minimum Gasteiger partial charge on any atom is -0.291 e. The van der Waals surface area contributed by atoms with E-state index in [1.54, 1.807) is 39.8 Å². The quantitative estimate of drug-likeness (QED) is 0.793. The molecular weight excluding hydrogens is 317 g/mol. The molecule has 0 atom stereocenters. The highest BCUT2D eigenvalue weighted by Gasteiger charge is 2.31. The Morgan fingerprint density at radius 1 is 1.24 bits per heavy atom. The summed E-state index contributed by atoms with van der Waals surface area (Å²) in [6, 6.07) is 4.82. The Kier molecular flexibility index (Phi) is 3.84. The molecule has 0 fully saturated rings. The van der Waals surface area contributed by atoms with Crippen molar-refractivity contribution < 1.29 is 12.8 Å². The van der Waals surface area contributed by atoms with Crippen LogP contribution < -0.4 is 0 Å². The number of rotatable bonds is 2. The normalized spacial score (nSPS) is 12.7. The van der Waals surface area contributed by atoms with Crippen molar-refractivity contribution >= 4 is 19.7 Å². The molecule has 21 heavy (non-hydrogen) atoms. The maximum Gasteiger partial charge on any atom is 0.296 e. The summed E-state index contributed by atoms with van der Waals surface area (Å²) in [6.45, 7) is 6.91. The van der Waals surface area contributed by atoms with Gasteiger partial charge in [-0.2, -0.15) is 0 Å². The average Bonchev–Trinajstić information content (AvgIpc) is 2.76. The first-order valence-corrected chi connectivity index (χ1v) is 8.50. The molecule has 0 aliphatic rings. The molecule has 5 nitrogen and oxygen atoms in total. The first-order chi connectivity index (χ1) is 9.53. The van der Waals surface area contributed by atoms with Crippen molar-refractivity contribution in [2.75, 3.05) is 0 Å². The maximum atomic E-state index is 14.3. The van der Waals surface area contributed by atoms with Crippen LogP contribution in [0.1, 0.15) is 26.3 Å². The second kappa shape index (κ2) is 5.06. The molecule has 0 radical (unpaired) electrons. The van der Waals surface area contributed by atoms with Gasteiger partial charge in [0.15, 0.2) is 5.82 Å². The van der Waals surface area contributed by atoms with Crippen molar-refractivity contribution in [2.45, 2.75) is 38.4 Å². The van der Waals surface area contributed by atoms with Gasteiger partial charge in [-0.1, -0.05) is 12.1 Å². The summed E-state index contributed by atoms with van der Waals surface area (Å²) in [7, 11) is 1.31. The van der Waals surface area contributed by atoms with Gasteiger partial charge in [0.25, 0.3) is 14.2 Å². The molecule has 1 aromatic heterocycles. The number of hydrogen-bond donors (Lipinski definition) is 0. The molecule has 0 aliphatic heterocycles. The number of halogens is 2. The molecule has 0 N–H and O–H groups in total. The summed E-state index contributed by atoms with van der Waals surface area (Å²) in [5.74, 6) is -0.336. The van der Waals surface area contributed by atoms with Gasteiger partial charge in [-0.3, -0.25) is 4.57 Å². The topological polar surface area (TPSA) is 64.8 Å². The summed E-state index contributed by atoms with van der Waals surface area (Å²) in [5.41, 5.74) is -0.0676. The van der Waals surface area contributed by atoms with Gasteiger partial charge in [0, 0.05) is 16.2 Å². The molecule has 0 amide bonds. The Balaban J connectivity index is 2.83. The Morgan fingerprint density at radius 2 is 1.86 bits per heavy atom. The van der Waals surface area contributed by atoms with Crippen LogP contribution in [0.3, 0.4) is 0 Å². The fourth-order valence-electron chi connectivity index (χ4n) is 2.03. The van der Waals surface area contributed by atoms with Crippen molar-refractivity contribution in [1.29, 1.82) is 0 Å². The van der Waals surface area contributed by atoms with E-state index in [1.165, 1.54) is 10.6 Å². The van der Waals surface area contributed by atoms with E-state index in [-0.39, 0.29) is 11.4 Å². The third-order valence-corrected chi connectivity index (χ3v) is 4.07. The Bertz CT molecular complexity index is 794. The summed E-state index contributed by atoms with van der Waals surface area (Å²) in [5, 5.41) is 7.06. The highest BCUT2D eigenvalue weighted by atomic mass is 35.7. The fraction of sp³-hybridized carbons (Fsp3) is 0.385. The SMILES string of the molecule is Cc1cccc(-c2nnc(S(=O)(=O)Cl)n2C(C)(C)C)c1F. The molecule has 0 bridgehead atoms. The lowest BCUT2D eigenvalue weighted by Crippen LogP contribution is -2.26. The average molecular weight is 332 g/mol. The van der Waals surface area contributed by atoms with E-state index in [1.807, 2.05) is 0 Å². The van der Waals surface area contributed by atoms with E-state index >= 15 is 0 Å². The van der Waals surface area contributed by atoms with Crippen LogP contribution in [0, 0.1) is 12.7 Å². The van der Waals surface area contributed by atoms with Gasteiger partial charge in [-0.05, 0) is 39.3 Å². The highest BCUT2D eigenvalue weighted by Crippen LogP contribution is 2.31. The monoisotopic (exact) mass is 331 g/mol. The molecule has 1 heterocycles. The molecule has 0 unspecified atom stereocenters. The van der Waals surface area contributed by atoms with Crippen molar-refractivity contribution in [3.05, 3.63) is 29.6 Å². The van der Waals surface area contributed by atoms with E-state index in [0.29, 0.717) is 5.56 Å². The van der Waals surface area contributed by atoms with Crippen LogP contribution in [-0.2, 0) is 14.6 Å². The lowest BCUT2D eigenvalue weighted by Gasteiger charge is -2.24. The third kappa shape index (κ3) is 2.94. The van der Waals surface area contributed by atoms with E-state index in [2.05, 4.69) is 10.2 Å². The first-order valence-electron chi connectivity index (χ1n) is 6.19. The van der Waals surface area contributed by atoms with Gasteiger partial charge in [0.1, 0.15) is 5.82 Å². The molecule has 2 rings (SSSR count). The Hall–Kier alpha value is -1.47. The number of aromatic nitrogens is 3. The number of benzene rings is 1. The molecule has 2 aromatic rings. The molecule has 0 saturated heterocycles. The molecule has 114 valence electrons. The van der Waals surface area contributed by atoms with Gasteiger partial charge >= 0.3 is 0 Å². The number of hydrogen-bond acceptors (Lipinski definition) is 4. The van der Waals surface area contributed by atoms with Crippen LogP contribution in [0.15, 0.2) is 23.4 Å². The summed E-state index contributed by atoms with van der Waals surface area (Å²) < 4.78 is 38.9. The van der Waals surface area contributed by atoms with Crippen LogP contribution in [0.25, 0.3) is 11.4 Å². The van der Waals surface area contributed by atoms with Crippen molar-refractivity contribution in [2.24, 2.45) is 0 Å². The lowest BCUT2D eigenvalue weighted by molar-refractivity contribution is 0.366. The molecule has 8 heteroatoms. The fourth-order valence-corrected chi connectivity index (χ4v) is 3.04. The van der Waals surface area contributed by atoms with E-state index in [0.717, 1.165) is 0 Å². The zero-order valence-corrected chi connectivity index (χ0v) is 13.6. The van der Waals surface area contributed by atoms with Crippen LogP contribution in [0.5, 0.6) is 0 Å². The van der Waals surface area contributed by atoms with E-state index in [9.17, 15) is 12.8 Å². The van der Waals surface area contributed by atoms with E-state index < -0.39 is 25.6 Å². The first kappa shape index (κ1) is 15.9. The number of aryl methyl sites for hydroxylation is 1. The third-order valence-electron chi connectivity index (χ3n) is 2.95. The van der Waals surface area contributed by atoms with Crippen molar-refractivity contribution in [1.82, 2.24) is 14.8 Å². The van der Waals surface area contributed by atoms with Crippen molar-refractivity contribution in [3.8, 4) is 11.4 Å². The molecule has 0 aliphatic carbocycles. The smallest absolute Gasteiger partial charge is 0.291 e. The lowest BCUT2D eigenvalue weighted by atomic mass is 10.1. The molecular formula is C13H15ClFN3O2S. The summed E-state index contributed by atoms with van der Waals surface area (Å²) in [4.78, 5) is 0. The van der Waals surface area contributed by atoms with E-state index in [4.69, 9.17) is 10.7 Å². The predicted molar refractivity (Wildman–Crippen MR) is 78.2 cm³/mol. The minimum absolute atomic E-state index is 0.128. The Morgan fingerprint density at radius 3 is 2.38 bits per heavy atom.